The number of sulfonamides is 1. The van der Waals surface area contributed by atoms with E-state index in [-0.39, 0.29) is 16.5 Å². The van der Waals surface area contributed by atoms with Gasteiger partial charge < -0.3 is 5.32 Å². The van der Waals surface area contributed by atoms with Crippen LogP contribution in [0.2, 0.25) is 0 Å². The van der Waals surface area contributed by atoms with Gasteiger partial charge in [-0.3, -0.25) is 9.89 Å². The molecule has 4 rings (SSSR count). The molecule has 0 aliphatic rings. The number of aromatic nitrogens is 4. The quantitative estimate of drug-likeness (QED) is 0.399. The summed E-state index contributed by atoms with van der Waals surface area (Å²) in [5, 5.41) is 9.65. The molecule has 33 heavy (non-hydrogen) atoms. The van der Waals surface area contributed by atoms with E-state index in [2.05, 4.69) is 30.2 Å². The first-order chi connectivity index (χ1) is 15.7. The third kappa shape index (κ3) is 5.24. The molecule has 168 valence electrons. The van der Waals surface area contributed by atoms with Crippen LogP contribution in [0.1, 0.15) is 27.4 Å². The summed E-state index contributed by atoms with van der Waals surface area (Å²) in [7, 11) is -3.88. The van der Waals surface area contributed by atoms with Gasteiger partial charge >= 0.3 is 0 Å². The zero-order chi connectivity index (χ0) is 23.6. The van der Waals surface area contributed by atoms with Gasteiger partial charge in [-0.1, -0.05) is 29.8 Å². The molecule has 3 N–H and O–H groups in total. The molecule has 0 unspecified atom stereocenters. The number of carbonyl (C=O) groups excluding carboxylic acids is 1. The number of hydrogen-bond acceptors (Lipinski definition) is 6. The van der Waals surface area contributed by atoms with Gasteiger partial charge in [0.15, 0.2) is 0 Å². The number of amides is 1. The summed E-state index contributed by atoms with van der Waals surface area (Å²) in [6.45, 7) is 5.51. The summed E-state index contributed by atoms with van der Waals surface area (Å²) in [6.07, 6.45) is 0. The summed E-state index contributed by atoms with van der Waals surface area (Å²) >= 11 is 0. The molecule has 0 spiro atoms. The standard InChI is InChI=1S/C23H22N6O3S/c1-14-4-6-17(7-5-14)20-13-21(28-27-20)22(30)26-18-8-10-19(11-9-18)33(31,32)29-23-24-15(2)12-16(3)25-23/h4-13H,1-3H3,(H,26,30)(H,27,28)(H,24,25,29). The van der Waals surface area contributed by atoms with Gasteiger partial charge in [-0.25, -0.2) is 23.1 Å². The fourth-order valence-corrected chi connectivity index (χ4v) is 4.12. The first kappa shape index (κ1) is 22.2. The summed E-state index contributed by atoms with van der Waals surface area (Å²) in [5.41, 5.74) is 4.72. The molecular formula is C23H22N6O3S. The first-order valence-electron chi connectivity index (χ1n) is 10.1. The molecule has 10 heteroatoms. The van der Waals surface area contributed by atoms with Crippen molar-refractivity contribution >= 4 is 27.6 Å². The minimum atomic E-state index is -3.88. The van der Waals surface area contributed by atoms with Crippen molar-refractivity contribution in [3.05, 3.63) is 83.3 Å². The fourth-order valence-electron chi connectivity index (χ4n) is 3.18. The lowest BCUT2D eigenvalue weighted by molar-refractivity contribution is 0.102. The minimum Gasteiger partial charge on any atom is -0.321 e. The topological polar surface area (TPSA) is 130 Å². The van der Waals surface area contributed by atoms with E-state index in [0.29, 0.717) is 22.8 Å². The maximum absolute atomic E-state index is 12.6. The second-order valence-corrected chi connectivity index (χ2v) is 9.27. The van der Waals surface area contributed by atoms with Gasteiger partial charge in [0.05, 0.1) is 10.6 Å². The number of aryl methyl sites for hydroxylation is 3. The summed E-state index contributed by atoms with van der Waals surface area (Å²) in [5.74, 6) is -0.383. The van der Waals surface area contributed by atoms with Crippen LogP contribution in [-0.4, -0.2) is 34.5 Å². The van der Waals surface area contributed by atoms with Crippen LogP contribution >= 0.6 is 0 Å². The van der Waals surface area contributed by atoms with Crippen molar-refractivity contribution in [1.29, 1.82) is 0 Å². The SMILES string of the molecule is Cc1ccc(-c2cc(C(=O)Nc3ccc(S(=O)(=O)Nc4nc(C)cc(C)n4)cc3)[nH]n2)cc1. The van der Waals surface area contributed by atoms with Gasteiger partial charge in [0, 0.05) is 22.6 Å². The van der Waals surface area contributed by atoms with E-state index in [1.807, 2.05) is 31.2 Å². The van der Waals surface area contributed by atoms with Gasteiger partial charge in [0.1, 0.15) is 5.69 Å². The van der Waals surface area contributed by atoms with Crippen LogP contribution in [0.5, 0.6) is 0 Å². The Morgan fingerprint density at radius 1 is 0.879 bits per heavy atom. The number of aromatic amines is 1. The number of nitrogens with zero attached hydrogens (tertiary/aromatic N) is 3. The van der Waals surface area contributed by atoms with Crippen LogP contribution in [0.15, 0.2) is 65.6 Å². The number of H-pyrrole nitrogens is 1. The Balaban J connectivity index is 1.45. The molecule has 1 amide bonds. The van der Waals surface area contributed by atoms with Crippen molar-refractivity contribution in [2.45, 2.75) is 25.7 Å². The van der Waals surface area contributed by atoms with Gasteiger partial charge in [-0.2, -0.15) is 5.10 Å². The van der Waals surface area contributed by atoms with Crippen LogP contribution in [0.3, 0.4) is 0 Å². The smallest absolute Gasteiger partial charge is 0.273 e. The zero-order valence-corrected chi connectivity index (χ0v) is 19.1. The van der Waals surface area contributed by atoms with E-state index in [1.165, 1.54) is 24.3 Å². The third-order valence-corrected chi connectivity index (χ3v) is 6.14. The van der Waals surface area contributed by atoms with Gasteiger partial charge in [0.2, 0.25) is 5.95 Å². The maximum Gasteiger partial charge on any atom is 0.273 e. The Hall–Kier alpha value is -4.05. The average Bonchev–Trinajstić information content (AvgIpc) is 3.24. The van der Waals surface area contributed by atoms with E-state index >= 15 is 0 Å². The Labute approximate surface area is 191 Å². The van der Waals surface area contributed by atoms with Crippen LogP contribution in [0, 0.1) is 20.8 Å². The molecule has 0 saturated heterocycles. The van der Waals surface area contributed by atoms with Crippen molar-refractivity contribution in [2.24, 2.45) is 0 Å². The molecule has 2 heterocycles. The largest absolute Gasteiger partial charge is 0.321 e. The Morgan fingerprint density at radius 3 is 2.15 bits per heavy atom. The van der Waals surface area contributed by atoms with Crippen molar-refractivity contribution in [3.8, 4) is 11.3 Å². The van der Waals surface area contributed by atoms with Crippen molar-refractivity contribution in [2.75, 3.05) is 10.0 Å². The number of carbonyl (C=O) groups is 1. The number of rotatable bonds is 6. The second kappa shape index (κ2) is 8.83. The van der Waals surface area contributed by atoms with Crippen molar-refractivity contribution < 1.29 is 13.2 Å². The molecule has 0 radical (unpaired) electrons. The number of nitrogens with one attached hydrogen (secondary N) is 3. The average molecular weight is 463 g/mol. The van der Waals surface area contributed by atoms with E-state index in [1.54, 1.807) is 26.0 Å². The predicted octanol–water partition coefficient (Wildman–Crippen LogP) is 3.85. The Bertz CT molecular complexity index is 1390. The van der Waals surface area contributed by atoms with Crippen LogP contribution in [0.4, 0.5) is 11.6 Å². The van der Waals surface area contributed by atoms with Crippen molar-refractivity contribution in [1.82, 2.24) is 20.2 Å². The molecule has 9 nitrogen and oxygen atoms in total. The summed E-state index contributed by atoms with van der Waals surface area (Å²) in [6, 6.07) is 17.0. The first-order valence-corrected chi connectivity index (χ1v) is 11.6. The normalized spacial score (nSPS) is 11.2. The van der Waals surface area contributed by atoms with E-state index in [4.69, 9.17) is 0 Å². The molecule has 0 fully saturated rings. The van der Waals surface area contributed by atoms with E-state index in [0.717, 1.165) is 11.1 Å². The highest BCUT2D eigenvalue weighted by Crippen LogP contribution is 2.20. The number of anilines is 2. The molecule has 2 aromatic carbocycles. The molecule has 0 saturated carbocycles. The van der Waals surface area contributed by atoms with Crippen LogP contribution in [-0.2, 0) is 10.0 Å². The lowest BCUT2D eigenvalue weighted by Gasteiger charge is -2.09. The lowest BCUT2D eigenvalue weighted by Crippen LogP contribution is -2.16. The maximum atomic E-state index is 12.6. The van der Waals surface area contributed by atoms with E-state index in [9.17, 15) is 13.2 Å². The Morgan fingerprint density at radius 2 is 1.52 bits per heavy atom. The molecule has 0 atom stereocenters. The van der Waals surface area contributed by atoms with Crippen molar-refractivity contribution in [3.63, 3.8) is 0 Å². The molecule has 0 bridgehead atoms. The highest BCUT2D eigenvalue weighted by atomic mass is 32.2. The van der Waals surface area contributed by atoms with Gasteiger partial charge in [0.25, 0.3) is 15.9 Å². The predicted molar refractivity (Wildman–Crippen MR) is 125 cm³/mol. The minimum absolute atomic E-state index is 0.00788. The monoisotopic (exact) mass is 462 g/mol. The third-order valence-electron chi connectivity index (χ3n) is 4.80. The number of hydrogen-bond donors (Lipinski definition) is 3. The van der Waals surface area contributed by atoms with E-state index < -0.39 is 15.9 Å². The Kier molecular flexibility index (Phi) is 5.93. The lowest BCUT2D eigenvalue weighted by atomic mass is 10.1. The van der Waals surface area contributed by atoms with Crippen LogP contribution in [0.25, 0.3) is 11.3 Å². The molecule has 2 aromatic heterocycles. The summed E-state index contributed by atoms with van der Waals surface area (Å²) in [4.78, 5) is 20.8. The molecule has 0 aliphatic heterocycles. The van der Waals surface area contributed by atoms with Crippen LogP contribution < -0.4 is 10.0 Å². The molecule has 4 aromatic rings. The zero-order valence-electron chi connectivity index (χ0n) is 18.2. The highest BCUT2D eigenvalue weighted by Gasteiger charge is 2.17. The second-order valence-electron chi connectivity index (χ2n) is 7.59. The number of benzene rings is 2. The van der Waals surface area contributed by atoms with Gasteiger partial charge in [-0.15, -0.1) is 0 Å². The molecule has 0 aliphatic carbocycles. The van der Waals surface area contributed by atoms with Gasteiger partial charge in [-0.05, 0) is 57.2 Å². The fraction of sp³-hybridized carbons (Fsp3) is 0.130. The highest BCUT2D eigenvalue weighted by molar-refractivity contribution is 7.92. The molecular weight excluding hydrogens is 440 g/mol. The summed E-state index contributed by atoms with van der Waals surface area (Å²) < 4.78 is 27.7.